The van der Waals surface area contributed by atoms with Crippen LogP contribution in [0.3, 0.4) is 0 Å². The number of carbonyl (C=O) groups is 1. The van der Waals surface area contributed by atoms with Gasteiger partial charge in [0, 0.05) is 32.2 Å². The van der Waals surface area contributed by atoms with E-state index in [1.54, 1.807) is 6.33 Å². The van der Waals surface area contributed by atoms with Crippen molar-refractivity contribution in [3.05, 3.63) is 12.4 Å². The van der Waals surface area contributed by atoms with Crippen molar-refractivity contribution >= 4 is 17.7 Å². The van der Waals surface area contributed by atoms with E-state index in [1.165, 1.54) is 0 Å². The first-order chi connectivity index (χ1) is 12.3. The van der Waals surface area contributed by atoms with E-state index in [1.807, 2.05) is 31.7 Å². The zero-order valence-corrected chi connectivity index (χ0v) is 16.8. The average molecular weight is 364 g/mol. The smallest absolute Gasteiger partial charge is 0.410 e. The van der Waals surface area contributed by atoms with Gasteiger partial charge in [-0.1, -0.05) is 0 Å². The minimum atomic E-state index is -0.474. The maximum Gasteiger partial charge on any atom is 0.410 e. The number of nitrogens with zero attached hydrogens (tertiary/aromatic N) is 4. The summed E-state index contributed by atoms with van der Waals surface area (Å²) >= 11 is 0. The Bertz CT molecular complexity index is 584. The molecule has 0 spiro atoms. The maximum absolute atomic E-state index is 12.5. The van der Waals surface area contributed by atoms with E-state index in [9.17, 15) is 4.79 Å². The fourth-order valence-corrected chi connectivity index (χ4v) is 3.16. The molecule has 7 nitrogen and oxygen atoms in total. The van der Waals surface area contributed by atoms with Crippen molar-refractivity contribution in [3.63, 3.8) is 0 Å². The molecule has 0 aliphatic carbocycles. The number of amides is 1. The average Bonchev–Trinajstić information content (AvgIpc) is 2.60. The zero-order valence-electron chi connectivity index (χ0n) is 16.8. The molecule has 1 fully saturated rings. The lowest BCUT2D eigenvalue weighted by molar-refractivity contribution is 0.0114. The monoisotopic (exact) mass is 363 g/mol. The number of anilines is 2. The Morgan fingerprint density at radius 1 is 1.31 bits per heavy atom. The number of ether oxygens (including phenoxy) is 1. The molecular weight excluding hydrogens is 330 g/mol. The van der Waals surface area contributed by atoms with Crippen molar-refractivity contribution in [2.75, 3.05) is 36.4 Å². The van der Waals surface area contributed by atoms with Crippen LogP contribution < -0.4 is 10.2 Å². The summed E-state index contributed by atoms with van der Waals surface area (Å²) in [6, 6.07) is 2.08. The Morgan fingerprint density at radius 2 is 2.04 bits per heavy atom. The Balaban J connectivity index is 2.00. The lowest BCUT2D eigenvalue weighted by Crippen LogP contribution is -2.48. The fourth-order valence-electron chi connectivity index (χ4n) is 3.16. The summed E-state index contributed by atoms with van der Waals surface area (Å²) in [7, 11) is 0. The highest BCUT2D eigenvalue weighted by Gasteiger charge is 2.30. The second-order valence-electron chi connectivity index (χ2n) is 7.64. The Morgan fingerprint density at radius 3 is 2.69 bits per heavy atom. The lowest BCUT2D eigenvalue weighted by Gasteiger charge is -2.36. The normalized spacial score (nSPS) is 17.7. The van der Waals surface area contributed by atoms with E-state index in [0.717, 1.165) is 50.5 Å². The molecule has 0 aromatic carbocycles. The van der Waals surface area contributed by atoms with Crippen LogP contribution in [0.5, 0.6) is 0 Å². The second kappa shape index (κ2) is 9.05. The van der Waals surface area contributed by atoms with Gasteiger partial charge in [-0.05, 0) is 53.9 Å². The minimum absolute atomic E-state index is 0.116. The number of nitrogens with one attached hydrogen (secondary N) is 1. The number of aromatic nitrogens is 2. The van der Waals surface area contributed by atoms with Gasteiger partial charge in [0.2, 0.25) is 0 Å². The highest BCUT2D eigenvalue weighted by atomic mass is 16.6. The van der Waals surface area contributed by atoms with Crippen LogP contribution in [0, 0.1) is 0 Å². The van der Waals surface area contributed by atoms with E-state index in [-0.39, 0.29) is 12.1 Å². The number of likely N-dealkylation sites (tertiary alicyclic amines) is 1. The van der Waals surface area contributed by atoms with Gasteiger partial charge < -0.3 is 19.9 Å². The van der Waals surface area contributed by atoms with Gasteiger partial charge in [-0.2, -0.15) is 0 Å². The standard InChI is InChI=1S/C19H33N5O2/c1-6-23(7-2)17-12-16(21-14-22-17)20-13-15-10-8-9-11-24(15)18(25)26-19(3,4)5/h12,14-15H,6-11,13H2,1-5H3,(H,20,21,22). The third kappa shape index (κ3) is 5.75. The Labute approximate surface area is 157 Å². The predicted octanol–water partition coefficient (Wildman–Crippen LogP) is 3.52. The Kier molecular flexibility index (Phi) is 7.06. The van der Waals surface area contributed by atoms with Crippen LogP contribution >= 0.6 is 0 Å². The van der Waals surface area contributed by atoms with Gasteiger partial charge in [0.05, 0.1) is 6.04 Å². The third-order valence-electron chi connectivity index (χ3n) is 4.51. The molecule has 0 radical (unpaired) electrons. The summed E-state index contributed by atoms with van der Waals surface area (Å²) in [6.45, 7) is 13.1. The van der Waals surface area contributed by atoms with Crippen molar-refractivity contribution in [1.29, 1.82) is 0 Å². The number of hydrogen-bond donors (Lipinski definition) is 1. The van der Waals surface area contributed by atoms with Crippen molar-refractivity contribution in [2.45, 2.75) is 65.5 Å². The summed E-state index contributed by atoms with van der Waals surface area (Å²) in [5.41, 5.74) is -0.474. The van der Waals surface area contributed by atoms with Crippen LogP contribution in [0.1, 0.15) is 53.9 Å². The molecule has 1 aromatic heterocycles. The van der Waals surface area contributed by atoms with Crippen LogP contribution in [-0.4, -0.2) is 58.8 Å². The molecule has 2 heterocycles. The molecule has 0 saturated carbocycles. The number of rotatable bonds is 6. The summed E-state index contributed by atoms with van der Waals surface area (Å²) < 4.78 is 5.57. The van der Waals surface area contributed by atoms with Crippen molar-refractivity contribution in [2.24, 2.45) is 0 Å². The molecule has 1 atom stereocenters. The molecule has 0 bridgehead atoms. The molecule has 2 rings (SSSR count). The minimum Gasteiger partial charge on any atom is -0.444 e. The SMILES string of the molecule is CCN(CC)c1cc(NCC2CCCCN2C(=O)OC(C)(C)C)ncn1. The summed E-state index contributed by atoms with van der Waals surface area (Å²) in [4.78, 5) is 25.2. The van der Waals surface area contributed by atoms with Crippen LogP contribution in [0.2, 0.25) is 0 Å². The molecular formula is C19H33N5O2. The quantitative estimate of drug-likeness (QED) is 0.834. The van der Waals surface area contributed by atoms with Crippen molar-refractivity contribution in [3.8, 4) is 0 Å². The number of hydrogen-bond acceptors (Lipinski definition) is 6. The maximum atomic E-state index is 12.5. The number of piperidine rings is 1. The summed E-state index contributed by atoms with van der Waals surface area (Å²) in [5, 5.41) is 3.38. The highest BCUT2D eigenvalue weighted by molar-refractivity contribution is 5.68. The van der Waals surface area contributed by atoms with E-state index >= 15 is 0 Å². The topological polar surface area (TPSA) is 70.6 Å². The molecule has 1 amide bonds. The van der Waals surface area contributed by atoms with Gasteiger partial charge in [-0.15, -0.1) is 0 Å². The largest absolute Gasteiger partial charge is 0.444 e. The fraction of sp³-hybridized carbons (Fsp3) is 0.737. The van der Waals surface area contributed by atoms with E-state index in [2.05, 4.69) is 34.0 Å². The molecule has 7 heteroatoms. The van der Waals surface area contributed by atoms with Crippen LogP contribution in [-0.2, 0) is 4.74 Å². The van der Waals surface area contributed by atoms with Crippen molar-refractivity contribution < 1.29 is 9.53 Å². The molecule has 1 aromatic rings. The predicted molar refractivity (Wildman–Crippen MR) is 105 cm³/mol. The van der Waals surface area contributed by atoms with Gasteiger partial charge in [0.1, 0.15) is 23.6 Å². The molecule has 26 heavy (non-hydrogen) atoms. The molecule has 1 saturated heterocycles. The van der Waals surface area contributed by atoms with Crippen LogP contribution in [0.15, 0.2) is 12.4 Å². The van der Waals surface area contributed by atoms with E-state index in [0.29, 0.717) is 6.54 Å². The van der Waals surface area contributed by atoms with Gasteiger partial charge in [-0.25, -0.2) is 14.8 Å². The lowest BCUT2D eigenvalue weighted by atomic mass is 10.0. The summed E-state index contributed by atoms with van der Waals surface area (Å²) in [5.74, 6) is 1.71. The number of carbonyl (C=O) groups excluding carboxylic acids is 1. The van der Waals surface area contributed by atoms with Gasteiger partial charge >= 0.3 is 6.09 Å². The van der Waals surface area contributed by atoms with Crippen LogP contribution in [0.25, 0.3) is 0 Å². The second-order valence-corrected chi connectivity index (χ2v) is 7.64. The van der Waals surface area contributed by atoms with Gasteiger partial charge in [-0.3, -0.25) is 0 Å². The van der Waals surface area contributed by atoms with Crippen LogP contribution in [0.4, 0.5) is 16.4 Å². The summed E-state index contributed by atoms with van der Waals surface area (Å²) in [6.07, 6.45) is 4.48. The van der Waals surface area contributed by atoms with Gasteiger partial charge in [0.15, 0.2) is 0 Å². The zero-order chi connectivity index (χ0) is 19.2. The first-order valence-electron chi connectivity index (χ1n) is 9.64. The molecule has 1 unspecified atom stereocenters. The van der Waals surface area contributed by atoms with Crippen molar-refractivity contribution in [1.82, 2.24) is 14.9 Å². The Hall–Kier alpha value is -2.05. The first-order valence-corrected chi connectivity index (χ1v) is 9.64. The molecule has 1 N–H and O–H groups in total. The highest BCUT2D eigenvalue weighted by Crippen LogP contribution is 2.21. The third-order valence-corrected chi connectivity index (χ3v) is 4.51. The molecule has 146 valence electrons. The van der Waals surface area contributed by atoms with Gasteiger partial charge in [0.25, 0.3) is 0 Å². The molecule has 1 aliphatic heterocycles. The molecule has 1 aliphatic rings. The van der Waals surface area contributed by atoms with E-state index < -0.39 is 5.60 Å². The first kappa shape index (κ1) is 20.3. The van der Waals surface area contributed by atoms with E-state index in [4.69, 9.17) is 4.74 Å².